The number of rotatable bonds is 5. The van der Waals surface area contributed by atoms with Crippen LogP contribution in [0.5, 0.6) is 0 Å². The first-order valence-corrected chi connectivity index (χ1v) is 5.42. The summed E-state index contributed by atoms with van der Waals surface area (Å²) in [6.07, 6.45) is -6.84. The maximum atomic E-state index is 9.90. The fourth-order valence-corrected chi connectivity index (χ4v) is 0.618. The SMILES string of the molecule is O=C[C@@H](O)[C@H](O)[C@H](O)[C@@H](O)CO.O=S(=O)(O)O. The molecule has 7 N–H and O–H groups in total. The van der Waals surface area contributed by atoms with Crippen LogP contribution in [0.25, 0.3) is 0 Å². The second kappa shape index (κ2) is 8.43. The summed E-state index contributed by atoms with van der Waals surface area (Å²) in [6, 6.07) is 0. The first-order chi connectivity index (χ1) is 7.54. The van der Waals surface area contributed by atoms with Gasteiger partial charge in [0.25, 0.3) is 0 Å². The van der Waals surface area contributed by atoms with Gasteiger partial charge < -0.3 is 30.3 Å². The first-order valence-electron chi connectivity index (χ1n) is 4.02. The van der Waals surface area contributed by atoms with E-state index < -0.39 is 41.4 Å². The van der Waals surface area contributed by atoms with Gasteiger partial charge in [-0.2, -0.15) is 8.42 Å². The Bertz CT molecular complexity index is 292. The van der Waals surface area contributed by atoms with E-state index in [1.807, 2.05) is 0 Å². The smallest absolute Gasteiger partial charge is 0.394 e. The standard InChI is InChI=1S/C6H12O6.H2O4S/c7-1-3(9)5(11)6(12)4(10)2-8;1-5(2,3)4/h1,3-6,8-12H,2H2;(H2,1,2,3,4)/t3-,4+,5+,6-;/m1./s1. The lowest BCUT2D eigenvalue weighted by Gasteiger charge is -2.22. The number of aldehydes is 1. The van der Waals surface area contributed by atoms with Gasteiger partial charge in [0, 0.05) is 0 Å². The monoisotopic (exact) mass is 278 g/mol. The summed E-state index contributed by atoms with van der Waals surface area (Å²) < 4.78 is 31.6. The van der Waals surface area contributed by atoms with Gasteiger partial charge in [-0.1, -0.05) is 0 Å². The van der Waals surface area contributed by atoms with Gasteiger partial charge in [-0.05, 0) is 0 Å². The zero-order valence-corrected chi connectivity index (χ0v) is 9.17. The topological polar surface area (TPSA) is 193 Å². The highest BCUT2D eigenvalue weighted by molar-refractivity contribution is 7.79. The van der Waals surface area contributed by atoms with E-state index in [1.54, 1.807) is 0 Å². The molecule has 0 saturated heterocycles. The maximum Gasteiger partial charge on any atom is 0.394 e. The Hall–Kier alpha value is -0.660. The fourth-order valence-electron chi connectivity index (χ4n) is 0.618. The summed E-state index contributed by atoms with van der Waals surface area (Å²) in [7, 11) is -4.67. The number of hydrogen-bond acceptors (Lipinski definition) is 8. The van der Waals surface area contributed by atoms with E-state index in [0.717, 1.165) is 0 Å². The molecule has 0 saturated carbocycles. The molecule has 0 rings (SSSR count). The van der Waals surface area contributed by atoms with Crippen molar-refractivity contribution in [3.8, 4) is 0 Å². The van der Waals surface area contributed by atoms with Gasteiger partial charge in [-0.25, -0.2) is 0 Å². The third-order valence-corrected chi connectivity index (χ3v) is 1.42. The molecular formula is C6H14O10S. The van der Waals surface area contributed by atoms with Gasteiger partial charge in [-0.15, -0.1) is 0 Å². The molecular weight excluding hydrogens is 264 g/mol. The zero-order valence-electron chi connectivity index (χ0n) is 8.36. The van der Waals surface area contributed by atoms with Crippen LogP contribution in [-0.2, 0) is 15.2 Å². The molecule has 0 aliphatic heterocycles. The minimum atomic E-state index is -4.67. The molecule has 0 unspecified atom stereocenters. The summed E-state index contributed by atoms with van der Waals surface area (Å²) in [6.45, 7) is -0.760. The fraction of sp³-hybridized carbons (Fsp3) is 0.833. The molecule has 0 aromatic rings. The molecule has 0 spiro atoms. The van der Waals surface area contributed by atoms with Crippen LogP contribution in [0.1, 0.15) is 0 Å². The Morgan fingerprint density at radius 2 is 1.35 bits per heavy atom. The van der Waals surface area contributed by atoms with E-state index >= 15 is 0 Å². The Labute approximate surface area is 96.3 Å². The minimum absolute atomic E-state index is 0.0258. The lowest BCUT2D eigenvalue weighted by atomic mass is 10.0. The molecule has 0 amide bonds. The zero-order chi connectivity index (χ0) is 14.2. The van der Waals surface area contributed by atoms with Crippen LogP contribution in [0.4, 0.5) is 0 Å². The van der Waals surface area contributed by atoms with Crippen LogP contribution in [0, 0.1) is 0 Å². The Morgan fingerprint density at radius 1 is 1.00 bits per heavy atom. The van der Waals surface area contributed by atoms with Gasteiger partial charge in [0.1, 0.15) is 24.4 Å². The van der Waals surface area contributed by atoms with E-state index in [2.05, 4.69) is 0 Å². The van der Waals surface area contributed by atoms with Gasteiger partial charge in [-0.3, -0.25) is 9.11 Å². The Balaban J connectivity index is 0. The first kappa shape index (κ1) is 18.7. The molecule has 104 valence electrons. The van der Waals surface area contributed by atoms with Gasteiger partial charge in [0.15, 0.2) is 6.29 Å². The van der Waals surface area contributed by atoms with Crippen LogP contribution >= 0.6 is 0 Å². The molecule has 0 aromatic heterocycles. The molecule has 11 heteroatoms. The van der Waals surface area contributed by atoms with Gasteiger partial charge in [0.2, 0.25) is 0 Å². The summed E-state index contributed by atoms with van der Waals surface area (Å²) in [5.41, 5.74) is 0. The van der Waals surface area contributed by atoms with Crippen molar-refractivity contribution in [2.45, 2.75) is 24.4 Å². The predicted octanol–water partition coefficient (Wildman–Crippen LogP) is -4.03. The number of carbonyl (C=O) groups excluding carboxylic acids is 1. The number of carbonyl (C=O) groups is 1. The largest absolute Gasteiger partial charge is 0.394 e. The van der Waals surface area contributed by atoms with Crippen molar-refractivity contribution >= 4 is 16.7 Å². The normalized spacial score (nSPS) is 18.3. The highest BCUT2D eigenvalue weighted by atomic mass is 32.3. The Morgan fingerprint density at radius 3 is 1.59 bits per heavy atom. The molecule has 4 atom stereocenters. The van der Waals surface area contributed by atoms with Crippen LogP contribution < -0.4 is 0 Å². The van der Waals surface area contributed by atoms with Crippen LogP contribution in [0.15, 0.2) is 0 Å². The minimum Gasteiger partial charge on any atom is -0.394 e. The van der Waals surface area contributed by atoms with Crippen molar-refractivity contribution in [3.63, 3.8) is 0 Å². The molecule has 0 bridgehead atoms. The summed E-state index contributed by atoms with van der Waals surface area (Å²) in [5.74, 6) is 0. The molecule has 0 radical (unpaired) electrons. The van der Waals surface area contributed by atoms with Crippen LogP contribution in [0.2, 0.25) is 0 Å². The highest BCUT2D eigenvalue weighted by Crippen LogP contribution is 2.02. The molecule has 0 heterocycles. The molecule has 0 aromatic carbocycles. The van der Waals surface area contributed by atoms with Crippen LogP contribution in [0.3, 0.4) is 0 Å². The third kappa shape index (κ3) is 11.6. The molecule has 10 nitrogen and oxygen atoms in total. The second-order valence-corrected chi connectivity index (χ2v) is 3.70. The summed E-state index contributed by atoms with van der Waals surface area (Å²) >= 11 is 0. The average Bonchev–Trinajstić information content (AvgIpc) is 2.22. The van der Waals surface area contributed by atoms with Crippen molar-refractivity contribution in [1.82, 2.24) is 0 Å². The van der Waals surface area contributed by atoms with E-state index in [4.69, 9.17) is 43.1 Å². The van der Waals surface area contributed by atoms with Gasteiger partial charge >= 0.3 is 10.4 Å². The Kier molecular flexibility index (Phi) is 9.28. The molecule has 0 aliphatic carbocycles. The molecule has 0 fully saturated rings. The van der Waals surface area contributed by atoms with E-state index in [1.165, 1.54) is 0 Å². The predicted molar refractivity (Wildman–Crippen MR) is 51.4 cm³/mol. The number of hydrogen-bond donors (Lipinski definition) is 7. The summed E-state index contributed by atoms with van der Waals surface area (Å²) in [4.78, 5) is 9.90. The van der Waals surface area contributed by atoms with Crippen molar-refractivity contribution in [2.75, 3.05) is 6.61 Å². The number of aliphatic hydroxyl groups excluding tert-OH is 5. The van der Waals surface area contributed by atoms with Crippen molar-refractivity contribution in [1.29, 1.82) is 0 Å². The van der Waals surface area contributed by atoms with E-state index in [0.29, 0.717) is 0 Å². The lowest BCUT2D eigenvalue weighted by Crippen LogP contribution is -2.46. The van der Waals surface area contributed by atoms with E-state index in [9.17, 15) is 4.79 Å². The van der Waals surface area contributed by atoms with Gasteiger partial charge in [0.05, 0.1) is 6.61 Å². The van der Waals surface area contributed by atoms with E-state index in [-0.39, 0.29) is 6.29 Å². The number of aliphatic hydroxyl groups is 5. The quantitative estimate of drug-likeness (QED) is 0.192. The van der Waals surface area contributed by atoms with Crippen molar-refractivity contribution < 1.29 is 47.9 Å². The van der Waals surface area contributed by atoms with Crippen LogP contribution in [-0.4, -0.2) is 80.4 Å². The highest BCUT2D eigenvalue weighted by Gasteiger charge is 2.29. The summed E-state index contributed by atoms with van der Waals surface area (Å²) in [5, 5.41) is 43.5. The average molecular weight is 278 g/mol. The second-order valence-electron chi connectivity index (χ2n) is 2.81. The maximum absolute atomic E-state index is 9.90. The van der Waals surface area contributed by atoms with Crippen molar-refractivity contribution in [3.05, 3.63) is 0 Å². The van der Waals surface area contributed by atoms with Crippen molar-refractivity contribution in [2.24, 2.45) is 0 Å². The molecule has 17 heavy (non-hydrogen) atoms. The lowest BCUT2D eigenvalue weighted by molar-refractivity contribution is -0.136. The third-order valence-electron chi connectivity index (χ3n) is 1.42. The molecule has 0 aliphatic rings.